The number of halogens is 3. The predicted molar refractivity (Wildman–Crippen MR) is 430 cm³/mol. The van der Waals surface area contributed by atoms with Crippen LogP contribution in [0.25, 0.3) is 133 Å². The number of fused-ring (bicyclic) bond motifs is 6. The fourth-order valence-corrected chi connectivity index (χ4v) is 15.1. The summed E-state index contributed by atoms with van der Waals surface area (Å²) >= 11 is 9.27. The van der Waals surface area contributed by atoms with Crippen molar-refractivity contribution in [1.29, 1.82) is 0 Å². The largest absolute Gasteiger partial charge is 0.494 e. The number of rotatable bonds is 10. The van der Waals surface area contributed by atoms with Crippen LogP contribution in [0.3, 0.4) is 0 Å². The Kier molecular flexibility index (Phi) is 18.2. The number of hydrogen-bond acceptors (Lipinski definition) is 2. The first-order valence-corrected chi connectivity index (χ1v) is 35.8. The van der Waals surface area contributed by atoms with Gasteiger partial charge >= 0.3 is 7.12 Å². The van der Waals surface area contributed by atoms with E-state index in [0.29, 0.717) is 0 Å². The van der Waals surface area contributed by atoms with E-state index in [1.807, 2.05) is 12.1 Å². The van der Waals surface area contributed by atoms with Crippen molar-refractivity contribution in [2.75, 3.05) is 0 Å². The van der Waals surface area contributed by atoms with Crippen molar-refractivity contribution < 1.29 is 9.31 Å². The Morgan fingerprint density at radius 1 is 0.265 bits per heavy atom. The van der Waals surface area contributed by atoms with Gasteiger partial charge in [-0.25, -0.2) is 0 Å². The van der Waals surface area contributed by atoms with Gasteiger partial charge in [0.1, 0.15) is 0 Å². The molecule has 4 nitrogen and oxygen atoms in total. The van der Waals surface area contributed by atoms with Gasteiger partial charge in [0.2, 0.25) is 0 Å². The summed E-state index contributed by atoms with van der Waals surface area (Å²) in [5.74, 6) is 0. The van der Waals surface area contributed by atoms with Crippen molar-refractivity contribution in [2.24, 2.45) is 0 Å². The first-order chi connectivity index (χ1) is 47.8. The minimum atomic E-state index is -0.405. The summed E-state index contributed by atoms with van der Waals surface area (Å²) in [6.07, 6.45) is 0. The van der Waals surface area contributed by atoms with E-state index in [2.05, 4.69) is 419 Å². The molecule has 0 N–H and O–H groups in total. The van der Waals surface area contributed by atoms with E-state index in [1.54, 1.807) is 0 Å². The Bertz CT molecular complexity index is 5430. The molecule has 8 heteroatoms. The molecule has 98 heavy (non-hydrogen) atoms. The third-order valence-electron chi connectivity index (χ3n) is 19.0. The molecule has 16 aromatic rings. The summed E-state index contributed by atoms with van der Waals surface area (Å²) in [5.41, 5.74) is 23.9. The van der Waals surface area contributed by atoms with Gasteiger partial charge in [-0.3, -0.25) is 0 Å². The van der Waals surface area contributed by atoms with Gasteiger partial charge in [-0.15, -0.1) is 0 Å². The van der Waals surface area contributed by atoms with Gasteiger partial charge in [0.05, 0.1) is 33.3 Å². The molecule has 0 unspecified atom stereocenters. The van der Waals surface area contributed by atoms with Gasteiger partial charge in [-0.05, 0) is 231 Å². The van der Waals surface area contributed by atoms with Gasteiger partial charge in [0, 0.05) is 45.4 Å². The molecule has 17 rings (SSSR count). The average molecular weight is 1510 g/mol. The van der Waals surface area contributed by atoms with Crippen molar-refractivity contribution in [3.8, 4) is 89.3 Å². The fraction of sp³-hybridized carbons (Fsp3) is 0.0667. The van der Waals surface area contributed by atoms with Crippen LogP contribution in [0.15, 0.2) is 349 Å². The number of aromatic nitrogens is 2. The quantitative estimate of drug-likeness (QED) is 0.101. The lowest BCUT2D eigenvalue weighted by molar-refractivity contribution is 0.00578. The van der Waals surface area contributed by atoms with Crippen molar-refractivity contribution >= 4 is 111 Å². The maximum Gasteiger partial charge on any atom is 0.494 e. The molecule has 474 valence electrons. The lowest BCUT2D eigenvalue weighted by Crippen LogP contribution is -2.41. The van der Waals surface area contributed by atoms with Crippen LogP contribution >= 0.6 is 54.5 Å². The van der Waals surface area contributed by atoms with Gasteiger partial charge in [-0.1, -0.05) is 275 Å². The molecule has 0 amide bonds. The SMILES string of the molecule is Brc1cccc(-c2cccc(-c3ccc4c5ccccc5n(-c5cc(-c6ccccc6)cc(-c6ccccc6)c5)c4c3)c2)c1.Brc1cccc(I)c1.CC1(C)OB(c2cccc(-c3ccc4c5ccccc5n(-c5cc(-c6ccccc6)cc(-c6ccccc6)c5)c4c3)c2)OC1(C)C. The number of benzene rings is 14. The number of hydrogen-bond donors (Lipinski definition) is 0. The molecule has 1 aliphatic heterocycles. The molecule has 0 radical (unpaired) electrons. The summed E-state index contributed by atoms with van der Waals surface area (Å²) in [5, 5.41) is 4.97. The van der Waals surface area contributed by atoms with E-state index in [1.165, 1.54) is 114 Å². The van der Waals surface area contributed by atoms with Gasteiger partial charge in [-0.2, -0.15) is 0 Å². The molecule has 1 saturated heterocycles. The van der Waals surface area contributed by atoms with Crippen molar-refractivity contribution in [2.45, 2.75) is 38.9 Å². The first kappa shape index (κ1) is 64.4. The van der Waals surface area contributed by atoms with Crippen LogP contribution in [-0.2, 0) is 9.31 Å². The molecule has 0 saturated carbocycles. The minimum Gasteiger partial charge on any atom is -0.399 e. The number of nitrogens with zero attached hydrogens (tertiary/aromatic N) is 2. The Labute approximate surface area is 604 Å². The summed E-state index contributed by atoms with van der Waals surface area (Å²) < 4.78 is 21.1. The molecule has 0 bridgehead atoms. The average Bonchev–Trinajstić information content (AvgIpc) is 1.59. The van der Waals surface area contributed by atoms with Gasteiger partial charge in [0.15, 0.2) is 0 Å². The maximum absolute atomic E-state index is 6.40. The minimum absolute atomic E-state index is 0.388. The Balaban J connectivity index is 0.000000144. The highest BCUT2D eigenvalue weighted by Crippen LogP contribution is 2.42. The van der Waals surface area contributed by atoms with Gasteiger partial charge in [0.25, 0.3) is 0 Å². The highest BCUT2D eigenvalue weighted by molar-refractivity contribution is 14.1. The van der Waals surface area contributed by atoms with E-state index in [-0.39, 0.29) is 11.2 Å². The molecule has 14 aromatic carbocycles. The van der Waals surface area contributed by atoms with Crippen molar-refractivity contribution in [3.63, 3.8) is 0 Å². The third kappa shape index (κ3) is 13.3. The summed E-state index contributed by atoms with van der Waals surface area (Å²) in [4.78, 5) is 0. The highest BCUT2D eigenvalue weighted by Gasteiger charge is 2.51. The maximum atomic E-state index is 6.40. The van der Waals surface area contributed by atoms with Crippen LogP contribution in [0.2, 0.25) is 0 Å². The lowest BCUT2D eigenvalue weighted by atomic mass is 9.78. The fourth-order valence-electron chi connectivity index (χ4n) is 13.4. The Morgan fingerprint density at radius 2 is 0.582 bits per heavy atom. The normalized spacial score (nSPS) is 13.1. The van der Waals surface area contributed by atoms with Crippen LogP contribution in [0.5, 0.6) is 0 Å². The van der Waals surface area contributed by atoms with E-state index in [4.69, 9.17) is 9.31 Å². The van der Waals surface area contributed by atoms with Crippen LogP contribution in [0.1, 0.15) is 27.7 Å². The second-order valence-corrected chi connectivity index (χ2v) is 29.0. The molecule has 3 heterocycles. The number of para-hydroxylation sites is 2. The summed E-state index contributed by atoms with van der Waals surface area (Å²) in [6.45, 7) is 8.39. The lowest BCUT2D eigenvalue weighted by Gasteiger charge is -2.32. The van der Waals surface area contributed by atoms with Gasteiger partial charge < -0.3 is 18.4 Å². The van der Waals surface area contributed by atoms with Crippen LogP contribution in [0.4, 0.5) is 0 Å². The molecule has 2 aromatic heterocycles. The zero-order valence-corrected chi connectivity index (χ0v) is 60.1. The van der Waals surface area contributed by atoms with E-state index in [0.717, 1.165) is 36.9 Å². The van der Waals surface area contributed by atoms with Crippen LogP contribution in [-0.4, -0.2) is 27.5 Å². The molecular formula is C90H68BBr2IN2O2. The summed E-state index contributed by atoms with van der Waals surface area (Å²) in [6, 6.07) is 122. The monoisotopic (exact) mass is 1500 g/mol. The Hall–Kier alpha value is -9.65. The smallest absolute Gasteiger partial charge is 0.399 e. The van der Waals surface area contributed by atoms with Crippen LogP contribution in [0, 0.1) is 3.57 Å². The molecule has 0 atom stereocenters. The third-order valence-corrected chi connectivity index (χ3v) is 20.7. The highest BCUT2D eigenvalue weighted by atomic mass is 127. The predicted octanol–water partition coefficient (Wildman–Crippen LogP) is 25.4. The topological polar surface area (TPSA) is 28.3 Å². The van der Waals surface area contributed by atoms with E-state index < -0.39 is 7.12 Å². The standard InChI is InChI=1S/C42H36BNO2.C42H28BrN.C6H4BrI/c1-41(2)42(3,4)46-43(45-41)35-19-13-18-31(25-35)32-22-23-38-37-20-11-12-21-39(37)44(40(38)28-32)36-26-33(29-14-7-5-8-15-29)24-34(27-36)30-16-9-6-10-17-30;43-37-18-10-17-33(25-37)31-15-9-16-32(23-31)34-21-22-40-39-19-7-8-20-41(39)44(42(40)28-34)38-26-35(29-11-3-1-4-12-29)24-36(27-38)30-13-5-2-6-14-30;7-5-2-1-3-6(8)4-5/h5-28H,1-4H3;1-28H;1-4H. The second-order valence-electron chi connectivity index (χ2n) is 25.9. The Morgan fingerprint density at radius 3 is 0.980 bits per heavy atom. The molecule has 1 aliphatic rings. The molecule has 1 fully saturated rings. The molecule has 0 spiro atoms. The van der Waals surface area contributed by atoms with E-state index >= 15 is 0 Å². The zero-order chi connectivity index (χ0) is 66.9. The van der Waals surface area contributed by atoms with Crippen molar-refractivity contribution in [3.05, 3.63) is 352 Å². The van der Waals surface area contributed by atoms with Crippen molar-refractivity contribution in [1.82, 2.24) is 9.13 Å². The van der Waals surface area contributed by atoms with E-state index in [9.17, 15) is 0 Å². The first-order valence-electron chi connectivity index (χ1n) is 33.1. The van der Waals surface area contributed by atoms with Crippen LogP contribution < -0.4 is 5.46 Å². The summed E-state index contributed by atoms with van der Waals surface area (Å²) in [7, 11) is -0.405. The molecular weight excluding hydrogens is 1440 g/mol. The molecule has 0 aliphatic carbocycles. The second kappa shape index (κ2) is 27.7. The zero-order valence-electron chi connectivity index (χ0n) is 54.8.